The van der Waals surface area contributed by atoms with Gasteiger partial charge >= 0.3 is 0 Å². The van der Waals surface area contributed by atoms with Crippen molar-refractivity contribution in [3.63, 3.8) is 0 Å². The van der Waals surface area contributed by atoms with Crippen LogP contribution in [0.5, 0.6) is 0 Å². The molecule has 1 spiro atoms. The van der Waals surface area contributed by atoms with Gasteiger partial charge in [-0.3, -0.25) is 4.79 Å². The molecule has 2 fully saturated rings. The topological polar surface area (TPSA) is 55.6 Å². The molecule has 132 valence electrons. The third-order valence-corrected chi connectivity index (χ3v) is 5.89. The smallest absolute Gasteiger partial charge is 0.247 e. The van der Waals surface area contributed by atoms with Crippen LogP contribution in [0.15, 0.2) is 18.2 Å². The first kappa shape index (κ1) is 17.6. The van der Waals surface area contributed by atoms with Gasteiger partial charge in [0.05, 0.1) is 5.69 Å². The second-order valence-electron chi connectivity index (χ2n) is 7.28. The van der Waals surface area contributed by atoms with Crippen LogP contribution in [0.2, 0.25) is 0 Å². The number of nitrogens with zero attached hydrogens (tertiary/aromatic N) is 1. The highest BCUT2D eigenvalue weighted by Gasteiger charge is 2.51. The first-order valence-electron chi connectivity index (χ1n) is 8.53. The molecule has 0 unspecified atom stereocenters. The van der Waals surface area contributed by atoms with Crippen LogP contribution in [0.4, 0.5) is 10.1 Å². The van der Waals surface area contributed by atoms with E-state index in [-0.39, 0.29) is 29.5 Å². The quantitative estimate of drug-likeness (QED) is 0.843. The fraction of sp³-hybridized carbons (Fsp3) is 0.611. The van der Waals surface area contributed by atoms with E-state index in [1.54, 1.807) is 11.0 Å². The van der Waals surface area contributed by atoms with Crippen molar-refractivity contribution in [3.05, 3.63) is 29.6 Å². The molecule has 1 saturated heterocycles. The van der Waals surface area contributed by atoms with Gasteiger partial charge in [0, 0.05) is 30.7 Å². The summed E-state index contributed by atoms with van der Waals surface area (Å²) in [5.41, 5.74) is 6.77. The fourth-order valence-electron chi connectivity index (χ4n) is 4.59. The molecule has 1 amide bonds. The highest BCUT2D eigenvalue weighted by atomic mass is 35.5. The minimum absolute atomic E-state index is 0. The number of hydrogen-bond acceptors (Lipinski definition) is 3. The van der Waals surface area contributed by atoms with E-state index in [0.29, 0.717) is 32.6 Å². The lowest BCUT2D eigenvalue weighted by Crippen LogP contribution is -2.58. The number of benzene rings is 1. The van der Waals surface area contributed by atoms with Crippen molar-refractivity contribution in [2.75, 3.05) is 24.7 Å². The molecular weight excluding hydrogens is 331 g/mol. The van der Waals surface area contributed by atoms with Crippen molar-refractivity contribution >= 4 is 24.0 Å². The molecular formula is C18H24ClFN2O2. The molecule has 0 radical (unpaired) electrons. The molecule has 0 aromatic heterocycles. The highest BCUT2D eigenvalue weighted by Crippen LogP contribution is 2.51. The maximum atomic E-state index is 14.6. The normalized spacial score (nSPS) is 23.8. The molecule has 4 rings (SSSR count). The predicted octanol–water partition coefficient (Wildman–Crippen LogP) is 2.91. The first-order valence-corrected chi connectivity index (χ1v) is 8.53. The number of nitrogens with two attached hydrogens (primary N) is 1. The molecule has 2 aliphatic heterocycles. The van der Waals surface area contributed by atoms with E-state index < -0.39 is 5.54 Å². The van der Waals surface area contributed by atoms with E-state index in [0.717, 1.165) is 36.9 Å². The van der Waals surface area contributed by atoms with E-state index in [9.17, 15) is 9.18 Å². The Morgan fingerprint density at radius 2 is 1.83 bits per heavy atom. The van der Waals surface area contributed by atoms with E-state index in [2.05, 4.69) is 0 Å². The molecule has 1 aromatic rings. The number of hydrogen-bond donors (Lipinski definition) is 1. The number of carbonyl (C=O) groups excluding carboxylic acids is 1. The highest BCUT2D eigenvalue weighted by molar-refractivity contribution is 6.02. The van der Waals surface area contributed by atoms with E-state index in [1.165, 1.54) is 6.07 Å². The summed E-state index contributed by atoms with van der Waals surface area (Å²) in [5, 5.41) is 0. The van der Waals surface area contributed by atoms with Crippen LogP contribution in [-0.2, 0) is 14.9 Å². The van der Waals surface area contributed by atoms with Crippen molar-refractivity contribution in [3.8, 4) is 0 Å². The van der Waals surface area contributed by atoms with Gasteiger partial charge in [-0.05, 0) is 37.8 Å². The zero-order valence-electron chi connectivity index (χ0n) is 13.7. The third-order valence-electron chi connectivity index (χ3n) is 5.89. The van der Waals surface area contributed by atoms with E-state index >= 15 is 0 Å². The van der Waals surface area contributed by atoms with Crippen molar-refractivity contribution in [1.29, 1.82) is 0 Å². The zero-order chi connectivity index (χ0) is 16.1. The number of rotatable bonds is 1. The van der Waals surface area contributed by atoms with E-state index in [4.69, 9.17) is 10.5 Å². The molecule has 1 aromatic carbocycles. The average molecular weight is 355 g/mol. The Bertz CT molecular complexity index is 640. The Kier molecular flexibility index (Phi) is 4.62. The molecule has 2 N–H and O–H groups in total. The summed E-state index contributed by atoms with van der Waals surface area (Å²) in [6, 6.07) is 5.07. The molecule has 0 atom stereocenters. The second kappa shape index (κ2) is 6.28. The number of anilines is 1. The lowest BCUT2D eigenvalue weighted by atomic mass is 9.80. The van der Waals surface area contributed by atoms with Crippen LogP contribution in [0.3, 0.4) is 0 Å². The fourth-order valence-corrected chi connectivity index (χ4v) is 4.59. The maximum absolute atomic E-state index is 14.6. The SMILES string of the molecule is Cl.NC1(C(=O)N2CC3(CCCC3)c3c(F)cccc32)CCOCC1. The molecule has 24 heavy (non-hydrogen) atoms. The zero-order valence-corrected chi connectivity index (χ0v) is 14.5. The van der Waals surface area contributed by atoms with Gasteiger partial charge in [0.2, 0.25) is 5.91 Å². The molecule has 2 heterocycles. The molecule has 1 saturated carbocycles. The van der Waals surface area contributed by atoms with Crippen molar-refractivity contribution in [2.24, 2.45) is 5.73 Å². The van der Waals surface area contributed by atoms with Gasteiger partial charge in [-0.1, -0.05) is 18.9 Å². The first-order chi connectivity index (χ1) is 11.1. The average Bonchev–Trinajstić information content (AvgIpc) is 3.14. The van der Waals surface area contributed by atoms with E-state index in [1.807, 2.05) is 6.07 Å². The summed E-state index contributed by atoms with van der Waals surface area (Å²) in [7, 11) is 0. The van der Waals surface area contributed by atoms with Gasteiger partial charge in [0.15, 0.2) is 0 Å². The van der Waals surface area contributed by atoms with Crippen molar-refractivity contribution in [1.82, 2.24) is 0 Å². The lowest BCUT2D eigenvalue weighted by molar-refractivity contribution is -0.127. The van der Waals surface area contributed by atoms with Gasteiger partial charge in [0.1, 0.15) is 11.4 Å². The summed E-state index contributed by atoms with van der Waals surface area (Å²) >= 11 is 0. The van der Waals surface area contributed by atoms with Crippen molar-refractivity contribution < 1.29 is 13.9 Å². The van der Waals surface area contributed by atoms with Crippen LogP contribution >= 0.6 is 12.4 Å². The Balaban J connectivity index is 0.00000169. The van der Waals surface area contributed by atoms with Gasteiger partial charge in [-0.2, -0.15) is 0 Å². The van der Waals surface area contributed by atoms with Crippen LogP contribution in [0.25, 0.3) is 0 Å². The Morgan fingerprint density at radius 1 is 1.17 bits per heavy atom. The largest absolute Gasteiger partial charge is 0.381 e. The summed E-state index contributed by atoms with van der Waals surface area (Å²) in [4.78, 5) is 14.9. The lowest BCUT2D eigenvalue weighted by Gasteiger charge is -2.36. The monoisotopic (exact) mass is 354 g/mol. The number of ether oxygens (including phenoxy) is 1. The molecule has 3 aliphatic rings. The van der Waals surface area contributed by atoms with Crippen LogP contribution < -0.4 is 10.6 Å². The second-order valence-corrected chi connectivity index (χ2v) is 7.28. The summed E-state index contributed by atoms with van der Waals surface area (Å²) < 4.78 is 19.9. The number of carbonyl (C=O) groups is 1. The number of halogens is 2. The third kappa shape index (κ3) is 2.54. The Labute approximate surface area is 147 Å². The standard InChI is InChI=1S/C18H23FN2O2.ClH/c19-13-4-3-5-14-15(13)17(6-1-2-7-17)12-21(14)16(22)18(20)8-10-23-11-9-18;/h3-5H,1-2,6-12,20H2;1H. The predicted molar refractivity (Wildman–Crippen MR) is 93.1 cm³/mol. The molecule has 1 aliphatic carbocycles. The number of fused-ring (bicyclic) bond motifs is 2. The summed E-state index contributed by atoms with van der Waals surface area (Å²) in [6.45, 7) is 1.59. The molecule has 0 bridgehead atoms. The maximum Gasteiger partial charge on any atom is 0.247 e. The summed E-state index contributed by atoms with van der Waals surface area (Å²) in [5.74, 6) is -0.255. The van der Waals surface area contributed by atoms with Gasteiger partial charge in [-0.25, -0.2) is 4.39 Å². The van der Waals surface area contributed by atoms with Gasteiger partial charge < -0.3 is 15.4 Å². The minimum atomic E-state index is -0.883. The Morgan fingerprint density at radius 3 is 2.50 bits per heavy atom. The van der Waals surface area contributed by atoms with Crippen molar-refractivity contribution in [2.45, 2.75) is 49.5 Å². The Hall–Kier alpha value is -1.17. The van der Waals surface area contributed by atoms with Crippen LogP contribution in [-0.4, -0.2) is 31.2 Å². The molecule has 4 nitrogen and oxygen atoms in total. The summed E-state index contributed by atoms with van der Waals surface area (Å²) in [6.07, 6.45) is 5.14. The van der Waals surface area contributed by atoms with Gasteiger partial charge in [-0.15, -0.1) is 12.4 Å². The van der Waals surface area contributed by atoms with Crippen LogP contribution in [0.1, 0.15) is 44.1 Å². The van der Waals surface area contributed by atoms with Gasteiger partial charge in [0.25, 0.3) is 0 Å². The minimum Gasteiger partial charge on any atom is -0.381 e. The van der Waals surface area contributed by atoms with Crippen LogP contribution in [0, 0.1) is 5.82 Å². The number of amides is 1. The molecule has 6 heteroatoms.